The van der Waals surface area contributed by atoms with Crippen LogP contribution in [-0.4, -0.2) is 4.57 Å². The molecular weight excluding hydrogens is 416 g/mol. The maximum atomic E-state index is 6.42. The SMILES string of the molecule is NCc1ccc2c(c1)c1cccc3c1c1c4c(ccc1n3-c1ccccc1)oc1cccc2c14. The molecule has 160 valence electrons. The molecule has 0 aliphatic heterocycles. The molecule has 8 aromatic rings. The minimum atomic E-state index is 0.514. The standard InChI is InChI=1S/C31H20N2O/c32-17-18-12-13-20-21-9-5-11-26-29(21)31-27(34-26)15-14-25-30(31)28-22(23(20)16-18)8-4-10-24(28)33(25)19-6-2-1-3-7-19/h1-16H,17,32H2. The van der Waals surface area contributed by atoms with Crippen molar-refractivity contribution in [1.82, 2.24) is 4.57 Å². The Kier molecular flexibility index (Phi) is 3.40. The highest BCUT2D eigenvalue weighted by molar-refractivity contribution is 6.38. The fourth-order valence-corrected chi connectivity index (χ4v) is 5.94. The molecule has 0 radical (unpaired) electrons. The third-order valence-corrected chi connectivity index (χ3v) is 7.33. The summed E-state index contributed by atoms with van der Waals surface area (Å²) in [6, 6.07) is 34.6. The first kappa shape index (κ1) is 18.1. The molecule has 6 aromatic carbocycles. The zero-order valence-corrected chi connectivity index (χ0v) is 18.4. The van der Waals surface area contributed by atoms with Crippen molar-refractivity contribution in [2.45, 2.75) is 6.54 Å². The molecule has 0 fully saturated rings. The smallest absolute Gasteiger partial charge is 0.136 e. The molecule has 8 rings (SSSR count). The van der Waals surface area contributed by atoms with Crippen LogP contribution in [0.25, 0.3) is 71.0 Å². The summed E-state index contributed by atoms with van der Waals surface area (Å²) >= 11 is 0. The van der Waals surface area contributed by atoms with Gasteiger partial charge in [0.05, 0.1) is 11.0 Å². The number of fused-ring (bicyclic) bond motifs is 3. The van der Waals surface area contributed by atoms with Gasteiger partial charge in [-0.3, -0.25) is 0 Å². The molecule has 3 heteroatoms. The fourth-order valence-electron chi connectivity index (χ4n) is 5.94. The second kappa shape index (κ2) is 6.37. The van der Waals surface area contributed by atoms with Crippen LogP contribution in [0.15, 0.2) is 101 Å². The molecule has 2 N–H and O–H groups in total. The Balaban J connectivity index is 1.80. The molecule has 0 atom stereocenters. The molecule has 0 bridgehead atoms. The highest BCUT2D eigenvalue weighted by Crippen LogP contribution is 2.46. The quantitative estimate of drug-likeness (QED) is 0.299. The maximum absolute atomic E-state index is 6.42. The van der Waals surface area contributed by atoms with Crippen LogP contribution in [0.3, 0.4) is 0 Å². The topological polar surface area (TPSA) is 44.1 Å². The normalized spacial score (nSPS) is 12.4. The third kappa shape index (κ3) is 2.15. The second-order valence-electron chi connectivity index (χ2n) is 9.07. The van der Waals surface area contributed by atoms with Crippen LogP contribution < -0.4 is 5.73 Å². The Morgan fingerprint density at radius 2 is 1.32 bits per heavy atom. The van der Waals surface area contributed by atoms with E-state index in [0.29, 0.717) is 6.54 Å². The van der Waals surface area contributed by atoms with E-state index in [9.17, 15) is 0 Å². The van der Waals surface area contributed by atoms with Gasteiger partial charge in [0.2, 0.25) is 0 Å². The van der Waals surface area contributed by atoms with Crippen molar-refractivity contribution < 1.29 is 4.42 Å². The van der Waals surface area contributed by atoms with E-state index in [1.54, 1.807) is 0 Å². The average molecular weight is 437 g/mol. The van der Waals surface area contributed by atoms with Crippen molar-refractivity contribution in [1.29, 1.82) is 0 Å². The monoisotopic (exact) mass is 436 g/mol. The first-order chi connectivity index (χ1) is 16.8. The van der Waals surface area contributed by atoms with Gasteiger partial charge in [-0.1, -0.05) is 54.6 Å². The number of nitrogens with two attached hydrogens (primary N) is 1. The van der Waals surface area contributed by atoms with Crippen molar-refractivity contribution in [3.63, 3.8) is 0 Å². The van der Waals surface area contributed by atoms with Gasteiger partial charge in [0, 0.05) is 33.8 Å². The van der Waals surface area contributed by atoms with Crippen molar-refractivity contribution in [2.24, 2.45) is 5.73 Å². The predicted octanol–water partition coefficient (Wildman–Crippen LogP) is 7.89. The summed E-state index contributed by atoms with van der Waals surface area (Å²) in [6.07, 6.45) is 0. The Hall–Kier alpha value is -4.34. The number of para-hydroxylation sites is 1. The van der Waals surface area contributed by atoms with Gasteiger partial charge in [-0.25, -0.2) is 0 Å². The molecule has 2 aromatic heterocycles. The Morgan fingerprint density at radius 3 is 2.18 bits per heavy atom. The number of rotatable bonds is 2. The number of hydrogen-bond donors (Lipinski definition) is 1. The molecule has 0 amide bonds. The van der Waals surface area contributed by atoms with Crippen LogP contribution in [0.4, 0.5) is 0 Å². The minimum absolute atomic E-state index is 0.514. The number of aromatic nitrogens is 1. The van der Waals surface area contributed by atoms with E-state index < -0.39 is 0 Å². The van der Waals surface area contributed by atoms with Crippen LogP contribution in [0.2, 0.25) is 0 Å². The highest BCUT2D eigenvalue weighted by atomic mass is 16.3. The van der Waals surface area contributed by atoms with Gasteiger partial charge in [0.25, 0.3) is 0 Å². The molecule has 0 spiro atoms. The largest absolute Gasteiger partial charge is 0.456 e. The summed E-state index contributed by atoms with van der Waals surface area (Å²) in [4.78, 5) is 0. The van der Waals surface area contributed by atoms with Gasteiger partial charge in [-0.2, -0.15) is 0 Å². The zero-order chi connectivity index (χ0) is 22.4. The van der Waals surface area contributed by atoms with E-state index in [1.165, 1.54) is 54.1 Å². The van der Waals surface area contributed by atoms with Crippen LogP contribution in [-0.2, 0) is 6.54 Å². The maximum Gasteiger partial charge on any atom is 0.136 e. The first-order valence-corrected chi connectivity index (χ1v) is 11.6. The van der Waals surface area contributed by atoms with Crippen LogP contribution in [0.5, 0.6) is 0 Å². The Labute approximate surface area is 194 Å². The van der Waals surface area contributed by atoms with Crippen molar-refractivity contribution in [2.75, 3.05) is 0 Å². The summed E-state index contributed by atoms with van der Waals surface area (Å²) in [7, 11) is 0. The van der Waals surface area contributed by atoms with Crippen molar-refractivity contribution in [3.8, 4) is 5.69 Å². The van der Waals surface area contributed by atoms with Gasteiger partial charge >= 0.3 is 0 Å². The zero-order valence-electron chi connectivity index (χ0n) is 18.4. The van der Waals surface area contributed by atoms with E-state index in [0.717, 1.165) is 22.4 Å². The molecule has 0 aliphatic rings. The summed E-state index contributed by atoms with van der Waals surface area (Å²) in [5.41, 5.74) is 12.6. The van der Waals surface area contributed by atoms with Crippen molar-refractivity contribution in [3.05, 3.63) is 103 Å². The lowest BCUT2D eigenvalue weighted by atomic mass is 9.94. The van der Waals surface area contributed by atoms with Gasteiger partial charge < -0.3 is 14.7 Å². The lowest BCUT2D eigenvalue weighted by molar-refractivity contribution is 0.669. The van der Waals surface area contributed by atoms with E-state index in [1.807, 2.05) is 0 Å². The van der Waals surface area contributed by atoms with Gasteiger partial charge in [0.15, 0.2) is 0 Å². The molecule has 0 saturated heterocycles. The first-order valence-electron chi connectivity index (χ1n) is 11.6. The van der Waals surface area contributed by atoms with Crippen LogP contribution >= 0.6 is 0 Å². The number of hydrogen-bond acceptors (Lipinski definition) is 2. The van der Waals surface area contributed by atoms with Gasteiger partial charge in [-0.15, -0.1) is 0 Å². The summed E-state index contributed by atoms with van der Waals surface area (Å²) in [6.45, 7) is 0.514. The van der Waals surface area contributed by atoms with Crippen LogP contribution in [0.1, 0.15) is 5.56 Å². The molecule has 34 heavy (non-hydrogen) atoms. The van der Waals surface area contributed by atoms with E-state index >= 15 is 0 Å². The Bertz CT molecular complexity index is 2040. The molecule has 3 nitrogen and oxygen atoms in total. The summed E-state index contributed by atoms with van der Waals surface area (Å²) in [5, 5.41) is 9.78. The summed E-state index contributed by atoms with van der Waals surface area (Å²) in [5.74, 6) is 0. The average Bonchev–Trinajstić information content (AvgIpc) is 3.43. The fraction of sp³-hybridized carbons (Fsp3) is 0.0323. The molecular formula is C31H20N2O. The Morgan fingerprint density at radius 1 is 0.559 bits per heavy atom. The molecule has 0 saturated carbocycles. The highest BCUT2D eigenvalue weighted by Gasteiger charge is 2.22. The number of nitrogens with zero attached hydrogens (tertiary/aromatic N) is 1. The predicted molar refractivity (Wildman–Crippen MR) is 142 cm³/mol. The lowest BCUT2D eigenvalue weighted by Crippen LogP contribution is -1.95. The van der Waals surface area contributed by atoms with E-state index in [2.05, 4.69) is 102 Å². The lowest BCUT2D eigenvalue weighted by Gasteiger charge is -2.08. The van der Waals surface area contributed by atoms with Crippen LogP contribution in [0, 0.1) is 0 Å². The summed E-state index contributed by atoms with van der Waals surface area (Å²) < 4.78 is 8.80. The molecule has 2 heterocycles. The van der Waals surface area contributed by atoms with E-state index in [4.69, 9.17) is 10.2 Å². The third-order valence-electron chi connectivity index (χ3n) is 7.33. The molecule has 0 aliphatic carbocycles. The number of benzene rings is 5. The van der Waals surface area contributed by atoms with Gasteiger partial charge in [-0.05, 0) is 69.6 Å². The second-order valence-corrected chi connectivity index (χ2v) is 9.07. The van der Waals surface area contributed by atoms with Crippen molar-refractivity contribution >= 4 is 65.3 Å². The minimum Gasteiger partial charge on any atom is -0.456 e. The number of furan rings is 1. The van der Waals surface area contributed by atoms with Gasteiger partial charge in [0.1, 0.15) is 11.2 Å². The molecule has 0 unspecified atom stereocenters. The van der Waals surface area contributed by atoms with E-state index in [-0.39, 0.29) is 0 Å².